The standard InChI is InChI=1S/C19H22N2OS/c1-2-22-13-7-12-20-19(23)21-18-16-10-5-3-8-14(16)15-9-4-6-11-17(15)18/h3-6,8-11,18H,2,7,12-13H2,1H3,(H2,20,21,23). The second-order valence-corrected chi connectivity index (χ2v) is 5.97. The van der Waals surface area contributed by atoms with Gasteiger partial charge in [0.2, 0.25) is 0 Å². The summed E-state index contributed by atoms with van der Waals surface area (Å²) in [4.78, 5) is 0. The molecule has 2 N–H and O–H groups in total. The summed E-state index contributed by atoms with van der Waals surface area (Å²) < 4.78 is 5.34. The lowest BCUT2D eigenvalue weighted by atomic mass is 10.1. The molecular weight excluding hydrogens is 304 g/mol. The molecule has 0 heterocycles. The second-order valence-electron chi connectivity index (χ2n) is 5.56. The van der Waals surface area contributed by atoms with Gasteiger partial charge in [0.15, 0.2) is 5.11 Å². The van der Waals surface area contributed by atoms with Crippen LogP contribution in [-0.2, 0) is 4.74 Å². The highest BCUT2D eigenvalue weighted by Crippen LogP contribution is 2.42. The SMILES string of the molecule is CCOCCCNC(=S)NC1c2ccccc2-c2ccccc21. The third-order valence-corrected chi connectivity index (χ3v) is 4.33. The summed E-state index contributed by atoms with van der Waals surface area (Å²) in [6.07, 6.45) is 0.952. The lowest BCUT2D eigenvalue weighted by Crippen LogP contribution is -2.38. The van der Waals surface area contributed by atoms with Crippen LogP contribution >= 0.6 is 12.2 Å². The van der Waals surface area contributed by atoms with Gasteiger partial charge in [0.25, 0.3) is 0 Å². The summed E-state index contributed by atoms with van der Waals surface area (Å²) in [5, 5.41) is 7.42. The molecule has 3 nitrogen and oxygen atoms in total. The van der Waals surface area contributed by atoms with Crippen LogP contribution in [0.15, 0.2) is 48.5 Å². The van der Waals surface area contributed by atoms with Gasteiger partial charge in [-0.25, -0.2) is 0 Å². The zero-order chi connectivity index (χ0) is 16.1. The van der Waals surface area contributed by atoms with E-state index in [0.717, 1.165) is 26.2 Å². The Morgan fingerprint density at radius 2 is 1.65 bits per heavy atom. The number of nitrogens with one attached hydrogen (secondary N) is 2. The van der Waals surface area contributed by atoms with Gasteiger partial charge in [0.1, 0.15) is 0 Å². The zero-order valence-electron chi connectivity index (χ0n) is 13.3. The number of rotatable bonds is 6. The topological polar surface area (TPSA) is 33.3 Å². The summed E-state index contributed by atoms with van der Waals surface area (Å²) in [5.74, 6) is 0. The van der Waals surface area contributed by atoms with Crippen molar-refractivity contribution in [1.82, 2.24) is 10.6 Å². The van der Waals surface area contributed by atoms with E-state index in [1.165, 1.54) is 22.3 Å². The third kappa shape index (κ3) is 3.54. The van der Waals surface area contributed by atoms with Crippen molar-refractivity contribution < 1.29 is 4.74 Å². The molecule has 0 saturated carbocycles. The summed E-state index contributed by atoms with van der Waals surface area (Å²) >= 11 is 5.46. The van der Waals surface area contributed by atoms with Gasteiger partial charge in [-0.1, -0.05) is 48.5 Å². The molecule has 0 bridgehead atoms. The molecule has 2 aromatic rings. The molecule has 4 heteroatoms. The summed E-state index contributed by atoms with van der Waals surface area (Å²) in [6, 6.07) is 17.1. The van der Waals surface area contributed by atoms with Crippen LogP contribution < -0.4 is 10.6 Å². The fourth-order valence-corrected chi connectivity index (χ4v) is 3.23. The van der Waals surface area contributed by atoms with Crippen molar-refractivity contribution in [3.8, 4) is 11.1 Å². The number of hydrogen-bond donors (Lipinski definition) is 2. The maximum absolute atomic E-state index is 5.46. The molecule has 1 aliphatic carbocycles. The molecule has 23 heavy (non-hydrogen) atoms. The van der Waals surface area contributed by atoms with E-state index < -0.39 is 0 Å². The van der Waals surface area contributed by atoms with Crippen LogP contribution in [0.3, 0.4) is 0 Å². The highest BCUT2D eigenvalue weighted by Gasteiger charge is 2.28. The van der Waals surface area contributed by atoms with E-state index in [0.29, 0.717) is 5.11 Å². The molecule has 0 spiro atoms. The first kappa shape index (κ1) is 16.0. The van der Waals surface area contributed by atoms with Crippen molar-refractivity contribution in [2.24, 2.45) is 0 Å². The van der Waals surface area contributed by atoms with E-state index in [1.807, 2.05) is 6.92 Å². The van der Waals surface area contributed by atoms with Crippen molar-refractivity contribution in [3.05, 3.63) is 59.7 Å². The third-order valence-electron chi connectivity index (χ3n) is 4.06. The van der Waals surface area contributed by atoms with Crippen LogP contribution in [-0.4, -0.2) is 24.9 Å². The van der Waals surface area contributed by atoms with Crippen molar-refractivity contribution in [1.29, 1.82) is 0 Å². The van der Waals surface area contributed by atoms with Crippen LogP contribution in [0, 0.1) is 0 Å². The second kappa shape index (κ2) is 7.57. The first-order valence-electron chi connectivity index (χ1n) is 8.11. The van der Waals surface area contributed by atoms with Gasteiger partial charge in [-0.3, -0.25) is 0 Å². The molecule has 0 aromatic heterocycles. The first-order valence-corrected chi connectivity index (χ1v) is 8.52. The molecule has 0 amide bonds. The molecule has 0 saturated heterocycles. The fourth-order valence-electron chi connectivity index (χ4n) is 3.01. The van der Waals surface area contributed by atoms with E-state index in [9.17, 15) is 0 Å². The van der Waals surface area contributed by atoms with E-state index in [4.69, 9.17) is 17.0 Å². The monoisotopic (exact) mass is 326 g/mol. The summed E-state index contributed by atoms with van der Waals surface area (Å²) in [6.45, 7) is 4.36. The predicted octanol–water partition coefficient (Wildman–Crippen LogP) is 3.65. The average molecular weight is 326 g/mol. The van der Waals surface area contributed by atoms with Crippen molar-refractivity contribution in [2.75, 3.05) is 19.8 Å². The highest BCUT2D eigenvalue weighted by atomic mass is 32.1. The Morgan fingerprint density at radius 3 is 2.26 bits per heavy atom. The highest BCUT2D eigenvalue weighted by molar-refractivity contribution is 7.80. The van der Waals surface area contributed by atoms with Gasteiger partial charge in [-0.15, -0.1) is 0 Å². The minimum absolute atomic E-state index is 0.120. The lowest BCUT2D eigenvalue weighted by Gasteiger charge is -2.18. The Morgan fingerprint density at radius 1 is 1.04 bits per heavy atom. The zero-order valence-corrected chi connectivity index (χ0v) is 14.2. The number of thiocarbonyl (C=S) groups is 1. The molecule has 0 radical (unpaired) electrons. The van der Waals surface area contributed by atoms with Gasteiger partial charge < -0.3 is 15.4 Å². The minimum atomic E-state index is 0.120. The largest absolute Gasteiger partial charge is 0.382 e. The fraction of sp³-hybridized carbons (Fsp3) is 0.316. The Kier molecular flexibility index (Phi) is 5.26. The molecule has 0 unspecified atom stereocenters. The van der Waals surface area contributed by atoms with Crippen LogP contribution in [0.4, 0.5) is 0 Å². The van der Waals surface area contributed by atoms with E-state index in [-0.39, 0.29) is 6.04 Å². The van der Waals surface area contributed by atoms with Crippen LogP contribution in [0.2, 0.25) is 0 Å². The Bertz CT molecular complexity index is 641. The van der Waals surface area contributed by atoms with Crippen LogP contribution in [0.5, 0.6) is 0 Å². The van der Waals surface area contributed by atoms with Crippen molar-refractivity contribution in [2.45, 2.75) is 19.4 Å². The quantitative estimate of drug-likeness (QED) is 0.627. The Hall–Kier alpha value is -1.91. The Labute approximate surface area is 143 Å². The Balaban J connectivity index is 1.67. The minimum Gasteiger partial charge on any atom is -0.382 e. The van der Waals surface area contributed by atoms with Gasteiger partial charge >= 0.3 is 0 Å². The average Bonchev–Trinajstić information content (AvgIpc) is 2.89. The normalized spacial score (nSPS) is 12.6. The van der Waals surface area contributed by atoms with Crippen molar-refractivity contribution >= 4 is 17.3 Å². The maximum atomic E-state index is 5.46. The van der Waals surface area contributed by atoms with Gasteiger partial charge in [-0.2, -0.15) is 0 Å². The number of fused-ring (bicyclic) bond motifs is 3. The van der Waals surface area contributed by atoms with Crippen molar-refractivity contribution in [3.63, 3.8) is 0 Å². The maximum Gasteiger partial charge on any atom is 0.167 e. The molecule has 1 aliphatic rings. The molecule has 3 rings (SSSR count). The van der Waals surface area contributed by atoms with E-state index in [1.54, 1.807) is 0 Å². The number of benzene rings is 2. The smallest absolute Gasteiger partial charge is 0.167 e. The van der Waals surface area contributed by atoms with E-state index >= 15 is 0 Å². The van der Waals surface area contributed by atoms with Crippen LogP contribution in [0.25, 0.3) is 11.1 Å². The van der Waals surface area contributed by atoms with Gasteiger partial charge in [-0.05, 0) is 47.8 Å². The molecule has 0 fully saturated rings. The molecular formula is C19H22N2OS. The predicted molar refractivity (Wildman–Crippen MR) is 98.6 cm³/mol. The summed E-state index contributed by atoms with van der Waals surface area (Å²) in [7, 11) is 0. The molecule has 120 valence electrons. The molecule has 2 aromatic carbocycles. The first-order chi connectivity index (χ1) is 11.3. The van der Waals surface area contributed by atoms with Gasteiger partial charge in [0, 0.05) is 19.8 Å². The molecule has 0 aliphatic heterocycles. The van der Waals surface area contributed by atoms with Crippen LogP contribution in [0.1, 0.15) is 30.5 Å². The summed E-state index contributed by atoms with van der Waals surface area (Å²) in [5.41, 5.74) is 5.15. The number of hydrogen-bond acceptors (Lipinski definition) is 2. The number of ether oxygens (including phenoxy) is 1. The lowest BCUT2D eigenvalue weighted by molar-refractivity contribution is 0.145. The van der Waals surface area contributed by atoms with E-state index in [2.05, 4.69) is 59.2 Å². The molecule has 0 atom stereocenters. The van der Waals surface area contributed by atoms with Gasteiger partial charge in [0.05, 0.1) is 6.04 Å².